The van der Waals surface area contributed by atoms with Gasteiger partial charge in [-0.1, -0.05) is 78.9 Å². The maximum Gasteiger partial charge on any atom is 0.408 e. The molecule has 180 valence electrons. The second-order valence-electron chi connectivity index (χ2n) is 8.61. The lowest BCUT2D eigenvalue weighted by atomic mass is 9.98. The molecule has 4 N–H and O–H groups in total. The smallest absolute Gasteiger partial charge is 0.408 e. The van der Waals surface area contributed by atoms with Crippen molar-refractivity contribution >= 4 is 18.0 Å². The van der Waals surface area contributed by atoms with Crippen molar-refractivity contribution < 1.29 is 29.3 Å². The van der Waals surface area contributed by atoms with Crippen molar-refractivity contribution in [1.29, 1.82) is 0 Å². The number of ether oxygens (including phenoxy) is 1. The Kier molecular flexibility index (Phi) is 6.84. The summed E-state index contributed by atoms with van der Waals surface area (Å²) in [5.41, 5.74) is 2.66. The fraction of sp³-hybridized carbons (Fsp3) is 0.222. The number of amides is 2. The molecule has 1 aliphatic rings. The Bertz CT molecular complexity index is 1200. The summed E-state index contributed by atoms with van der Waals surface area (Å²) in [6, 6.07) is 23.3. The van der Waals surface area contributed by atoms with E-state index in [-0.39, 0.29) is 12.5 Å². The van der Waals surface area contributed by atoms with Crippen LogP contribution in [0, 0.1) is 0 Å². The molecule has 0 aromatic heterocycles. The number of aliphatic carboxylic acids is 1. The van der Waals surface area contributed by atoms with E-state index in [0.717, 1.165) is 29.2 Å². The zero-order valence-corrected chi connectivity index (χ0v) is 19.1. The number of carbonyl (C=O) groups is 3. The van der Waals surface area contributed by atoms with E-state index in [9.17, 15) is 19.5 Å². The van der Waals surface area contributed by atoms with Crippen molar-refractivity contribution in [3.63, 3.8) is 0 Å². The molecule has 2 atom stereocenters. The Labute approximate surface area is 202 Å². The van der Waals surface area contributed by atoms with Gasteiger partial charge in [0.2, 0.25) is 5.91 Å². The molecule has 0 heterocycles. The molecule has 0 saturated heterocycles. The first-order valence-corrected chi connectivity index (χ1v) is 11.2. The van der Waals surface area contributed by atoms with Gasteiger partial charge < -0.3 is 25.6 Å². The summed E-state index contributed by atoms with van der Waals surface area (Å²) in [7, 11) is 0. The molecule has 0 saturated carbocycles. The van der Waals surface area contributed by atoms with Crippen LogP contribution in [-0.2, 0) is 14.3 Å². The topological polar surface area (TPSA) is 125 Å². The largest absolute Gasteiger partial charge is 0.479 e. The Morgan fingerprint density at radius 3 is 2.03 bits per heavy atom. The monoisotopic (exact) mass is 474 g/mol. The minimum absolute atomic E-state index is 0.0801. The molecule has 8 heteroatoms. The van der Waals surface area contributed by atoms with Crippen LogP contribution in [0.5, 0.6) is 0 Å². The van der Waals surface area contributed by atoms with Crippen LogP contribution < -0.4 is 10.6 Å². The van der Waals surface area contributed by atoms with Crippen LogP contribution in [0.15, 0.2) is 78.9 Å². The number of hydrogen-bond donors (Lipinski definition) is 4. The highest BCUT2D eigenvalue weighted by atomic mass is 16.5. The number of benzene rings is 3. The zero-order valence-electron chi connectivity index (χ0n) is 19.1. The Morgan fingerprint density at radius 2 is 1.46 bits per heavy atom. The minimum atomic E-state index is -2.15. The summed E-state index contributed by atoms with van der Waals surface area (Å²) in [5.74, 6) is -2.28. The third-order valence-corrected chi connectivity index (χ3v) is 6.07. The predicted molar refractivity (Wildman–Crippen MR) is 129 cm³/mol. The standard InChI is InChI=1S/C27H26N2O6/c1-27(34,25(31)32)16-28-24(30)23(17-9-3-2-4-10-17)29-26(33)35-15-22-20-13-7-5-11-18(20)19-12-6-8-14-21(19)22/h2-14,22-23,34H,15-16H2,1H3,(H,28,30)(H,29,33)(H,31,32)/t23-,27?/m0/s1. The molecular formula is C27H26N2O6. The number of carboxylic acids is 1. The van der Waals surface area contributed by atoms with E-state index in [1.807, 2.05) is 48.5 Å². The normalized spacial score (nSPS) is 14.7. The number of carboxylic acid groups (broad SMARTS) is 1. The van der Waals surface area contributed by atoms with E-state index in [1.165, 1.54) is 0 Å². The van der Waals surface area contributed by atoms with Crippen molar-refractivity contribution in [2.24, 2.45) is 0 Å². The Hall–Kier alpha value is -4.17. The minimum Gasteiger partial charge on any atom is -0.479 e. The SMILES string of the molecule is CC(O)(CNC(=O)[C@@H](NC(=O)OCC1c2ccccc2-c2ccccc21)c1ccccc1)C(=O)O. The van der Waals surface area contributed by atoms with Gasteiger partial charge in [0.05, 0.1) is 6.54 Å². The molecular weight excluding hydrogens is 448 g/mol. The van der Waals surface area contributed by atoms with Gasteiger partial charge in [-0.2, -0.15) is 0 Å². The molecule has 0 radical (unpaired) electrons. The Morgan fingerprint density at radius 1 is 0.914 bits per heavy atom. The van der Waals surface area contributed by atoms with Crippen LogP contribution in [-0.4, -0.2) is 46.9 Å². The molecule has 4 rings (SSSR count). The maximum atomic E-state index is 12.9. The van der Waals surface area contributed by atoms with Crippen LogP contribution >= 0.6 is 0 Å². The van der Waals surface area contributed by atoms with E-state index < -0.39 is 36.2 Å². The second kappa shape index (κ2) is 9.99. The van der Waals surface area contributed by atoms with Gasteiger partial charge in [-0.05, 0) is 34.7 Å². The number of carbonyl (C=O) groups excluding carboxylic acids is 2. The van der Waals surface area contributed by atoms with E-state index in [2.05, 4.69) is 10.6 Å². The summed E-state index contributed by atoms with van der Waals surface area (Å²) in [6.07, 6.45) is -0.791. The highest BCUT2D eigenvalue weighted by Crippen LogP contribution is 2.44. The quantitative estimate of drug-likeness (QED) is 0.397. The molecule has 3 aromatic rings. The molecule has 0 bridgehead atoms. The number of nitrogens with one attached hydrogen (secondary N) is 2. The van der Waals surface area contributed by atoms with Crippen molar-refractivity contribution in [1.82, 2.24) is 10.6 Å². The highest BCUT2D eigenvalue weighted by Gasteiger charge is 2.33. The lowest BCUT2D eigenvalue weighted by Gasteiger charge is -2.23. The third kappa shape index (κ3) is 5.17. The fourth-order valence-electron chi connectivity index (χ4n) is 4.14. The summed E-state index contributed by atoms with van der Waals surface area (Å²) in [6.45, 7) is 0.625. The molecule has 8 nitrogen and oxygen atoms in total. The number of aliphatic hydroxyl groups is 1. The molecule has 1 aliphatic carbocycles. The fourth-order valence-corrected chi connectivity index (χ4v) is 4.14. The van der Waals surface area contributed by atoms with E-state index in [1.54, 1.807) is 30.3 Å². The highest BCUT2D eigenvalue weighted by molar-refractivity contribution is 5.88. The molecule has 0 aliphatic heterocycles. The molecule has 35 heavy (non-hydrogen) atoms. The van der Waals surface area contributed by atoms with Gasteiger partial charge in [0, 0.05) is 5.92 Å². The molecule has 3 aromatic carbocycles. The van der Waals surface area contributed by atoms with Crippen molar-refractivity contribution in [2.75, 3.05) is 13.2 Å². The van der Waals surface area contributed by atoms with Gasteiger partial charge in [-0.25, -0.2) is 9.59 Å². The average Bonchev–Trinajstić information content (AvgIpc) is 3.19. The van der Waals surface area contributed by atoms with E-state index in [4.69, 9.17) is 9.84 Å². The first kappa shape index (κ1) is 24.0. The lowest BCUT2D eigenvalue weighted by Crippen LogP contribution is -2.49. The average molecular weight is 475 g/mol. The summed E-state index contributed by atoms with van der Waals surface area (Å²) in [4.78, 5) is 36.8. The molecule has 1 unspecified atom stereocenters. The number of fused-ring (bicyclic) bond motifs is 3. The third-order valence-electron chi connectivity index (χ3n) is 6.07. The van der Waals surface area contributed by atoms with Crippen LogP contribution in [0.2, 0.25) is 0 Å². The van der Waals surface area contributed by atoms with Gasteiger partial charge in [-0.3, -0.25) is 4.79 Å². The number of rotatable bonds is 8. The number of hydrogen-bond acceptors (Lipinski definition) is 5. The summed E-state index contributed by atoms with van der Waals surface area (Å²) in [5, 5.41) is 24.0. The van der Waals surface area contributed by atoms with Crippen molar-refractivity contribution in [3.05, 3.63) is 95.6 Å². The van der Waals surface area contributed by atoms with Crippen LogP contribution in [0.4, 0.5) is 4.79 Å². The summed E-state index contributed by atoms with van der Waals surface area (Å²) < 4.78 is 5.55. The Balaban J connectivity index is 1.46. The van der Waals surface area contributed by atoms with Gasteiger partial charge in [0.15, 0.2) is 5.60 Å². The lowest BCUT2D eigenvalue weighted by molar-refractivity contribution is -0.156. The van der Waals surface area contributed by atoms with Crippen LogP contribution in [0.25, 0.3) is 11.1 Å². The first-order chi connectivity index (χ1) is 16.8. The second-order valence-corrected chi connectivity index (χ2v) is 8.61. The van der Waals surface area contributed by atoms with Crippen LogP contribution in [0.3, 0.4) is 0 Å². The van der Waals surface area contributed by atoms with Gasteiger partial charge in [-0.15, -0.1) is 0 Å². The predicted octanol–water partition coefficient (Wildman–Crippen LogP) is 3.22. The molecule has 0 spiro atoms. The van der Waals surface area contributed by atoms with Gasteiger partial charge >= 0.3 is 12.1 Å². The van der Waals surface area contributed by atoms with E-state index >= 15 is 0 Å². The number of alkyl carbamates (subject to hydrolysis) is 1. The van der Waals surface area contributed by atoms with Crippen molar-refractivity contribution in [2.45, 2.75) is 24.5 Å². The molecule has 2 amide bonds. The summed E-state index contributed by atoms with van der Waals surface area (Å²) >= 11 is 0. The van der Waals surface area contributed by atoms with Gasteiger partial charge in [0.25, 0.3) is 0 Å². The van der Waals surface area contributed by atoms with Crippen molar-refractivity contribution in [3.8, 4) is 11.1 Å². The van der Waals surface area contributed by atoms with Gasteiger partial charge in [0.1, 0.15) is 12.6 Å². The first-order valence-electron chi connectivity index (χ1n) is 11.2. The van der Waals surface area contributed by atoms with E-state index in [0.29, 0.717) is 5.56 Å². The molecule has 0 fully saturated rings. The maximum absolute atomic E-state index is 12.9. The zero-order chi connectivity index (χ0) is 25.0. The van der Waals surface area contributed by atoms with Crippen LogP contribution in [0.1, 0.15) is 35.6 Å².